The molecule has 1 amide bonds. The number of aromatic nitrogens is 1. The third-order valence-corrected chi connectivity index (χ3v) is 3.32. The Balaban J connectivity index is 1.91. The molecule has 0 radical (unpaired) electrons. The van der Waals surface area contributed by atoms with E-state index in [1.165, 1.54) is 5.56 Å². The van der Waals surface area contributed by atoms with Gasteiger partial charge in [0.15, 0.2) is 0 Å². The van der Waals surface area contributed by atoms with E-state index < -0.39 is 0 Å². The average molecular weight is 233 g/mol. The predicted molar refractivity (Wildman–Crippen MR) is 66.6 cm³/mol. The van der Waals surface area contributed by atoms with E-state index in [0.717, 1.165) is 13.1 Å². The second kappa shape index (κ2) is 4.84. The van der Waals surface area contributed by atoms with Gasteiger partial charge in [-0.25, -0.2) is 0 Å². The van der Waals surface area contributed by atoms with Crippen LogP contribution in [0.4, 0.5) is 0 Å². The minimum Gasteiger partial charge on any atom is -0.355 e. The molecular weight excluding hydrogens is 214 g/mol. The number of carbonyl (C=O) groups excluding carboxylic acids is 1. The summed E-state index contributed by atoms with van der Waals surface area (Å²) in [6.07, 6.45) is 3.57. The molecule has 1 aliphatic rings. The van der Waals surface area contributed by atoms with Crippen LogP contribution in [0.25, 0.3) is 0 Å². The Morgan fingerprint density at radius 1 is 1.47 bits per heavy atom. The van der Waals surface area contributed by atoms with Crippen molar-refractivity contribution < 1.29 is 4.79 Å². The van der Waals surface area contributed by atoms with Crippen LogP contribution in [0.1, 0.15) is 19.4 Å². The van der Waals surface area contributed by atoms with Gasteiger partial charge in [-0.05, 0) is 17.7 Å². The molecule has 0 aromatic carbocycles. The lowest BCUT2D eigenvalue weighted by atomic mass is 9.85. The summed E-state index contributed by atoms with van der Waals surface area (Å²) < 4.78 is 0. The van der Waals surface area contributed by atoms with Crippen molar-refractivity contribution in [3.8, 4) is 0 Å². The lowest BCUT2D eigenvalue weighted by Crippen LogP contribution is -2.52. The van der Waals surface area contributed by atoms with E-state index >= 15 is 0 Å². The molecule has 1 aliphatic heterocycles. The fourth-order valence-corrected chi connectivity index (χ4v) is 1.83. The fourth-order valence-electron chi connectivity index (χ4n) is 1.83. The van der Waals surface area contributed by atoms with E-state index in [0.29, 0.717) is 6.54 Å². The van der Waals surface area contributed by atoms with Crippen molar-refractivity contribution in [1.82, 2.24) is 15.6 Å². The summed E-state index contributed by atoms with van der Waals surface area (Å²) in [4.78, 5) is 15.7. The molecule has 2 rings (SSSR count). The van der Waals surface area contributed by atoms with E-state index in [-0.39, 0.29) is 17.2 Å². The Hall–Kier alpha value is -1.42. The Bertz CT molecular complexity index is 385. The van der Waals surface area contributed by atoms with Crippen molar-refractivity contribution in [2.24, 2.45) is 5.92 Å². The molecule has 1 fully saturated rings. The highest BCUT2D eigenvalue weighted by Crippen LogP contribution is 2.21. The van der Waals surface area contributed by atoms with Crippen LogP contribution in [-0.2, 0) is 10.2 Å². The molecule has 2 N–H and O–H groups in total. The maximum atomic E-state index is 11.7. The van der Waals surface area contributed by atoms with Gasteiger partial charge >= 0.3 is 0 Å². The molecule has 1 aromatic rings. The zero-order chi connectivity index (χ0) is 12.3. The molecule has 0 aliphatic carbocycles. The van der Waals surface area contributed by atoms with E-state index in [4.69, 9.17) is 0 Å². The maximum absolute atomic E-state index is 11.7. The lowest BCUT2D eigenvalue weighted by molar-refractivity contribution is -0.126. The zero-order valence-electron chi connectivity index (χ0n) is 10.4. The summed E-state index contributed by atoms with van der Waals surface area (Å²) >= 11 is 0. The zero-order valence-corrected chi connectivity index (χ0v) is 10.4. The molecule has 0 bridgehead atoms. The highest BCUT2D eigenvalue weighted by Gasteiger charge is 2.27. The standard InChI is InChI=1S/C13H19N3O/c1-13(2,11-3-5-14-6-4-11)9-16-12(17)10-7-15-8-10/h3-6,10,15H,7-9H2,1-2H3,(H,16,17). The van der Waals surface area contributed by atoms with Crippen LogP contribution in [0.5, 0.6) is 0 Å². The van der Waals surface area contributed by atoms with Crippen LogP contribution in [0.2, 0.25) is 0 Å². The number of rotatable bonds is 4. The third kappa shape index (κ3) is 2.82. The van der Waals surface area contributed by atoms with E-state index in [9.17, 15) is 4.79 Å². The third-order valence-electron chi connectivity index (χ3n) is 3.32. The number of nitrogens with one attached hydrogen (secondary N) is 2. The first kappa shape index (κ1) is 12.0. The highest BCUT2D eigenvalue weighted by atomic mass is 16.2. The highest BCUT2D eigenvalue weighted by molar-refractivity contribution is 5.80. The largest absolute Gasteiger partial charge is 0.355 e. The van der Waals surface area contributed by atoms with Gasteiger partial charge < -0.3 is 10.6 Å². The fraction of sp³-hybridized carbons (Fsp3) is 0.538. The molecule has 4 nitrogen and oxygen atoms in total. The molecule has 1 saturated heterocycles. The number of nitrogens with zero attached hydrogens (tertiary/aromatic N) is 1. The van der Waals surface area contributed by atoms with Crippen LogP contribution in [-0.4, -0.2) is 30.5 Å². The summed E-state index contributed by atoms with van der Waals surface area (Å²) in [5.41, 5.74) is 1.13. The summed E-state index contributed by atoms with van der Waals surface area (Å²) in [7, 11) is 0. The monoisotopic (exact) mass is 233 g/mol. The minimum atomic E-state index is -0.0597. The molecule has 1 aromatic heterocycles. The van der Waals surface area contributed by atoms with Gasteiger partial charge in [-0.15, -0.1) is 0 Å². The van der Waals surface area contributed by atoms with Gasteiger partial charge in [0.2, 0.25) is 5.91 Å². The normalized spacial score (nSPS) is 16.4. The molecule has 0 spiro atoms. The first-order chi connectivity index (χ1) is 8.09. The molecule has 0 saturated carbocycles. The molecule has 0 unspecified atom stereocenters. The molecule has 4 heteroatoms. The van der Waals surface area contributed by atoms with E-state index in [2.05, 4.69) is 29.5 Å². The van der Waals surface area contributed by atoms with Gasteiger partial charge in [-0.1, -0.05) is 13.8 Å². The van der Waals surface area contributed by atoms with Crippen LogP contribution in [0.15, 0.2) is 24.5 Å². The number of amides is 1. The van der Waals surface area contributed by atoms with Crippen molar-refractivity contribution in [3.63, 3.8) is 0 Å². The lowest BCUT2D eigenvalue weighted by Gasteiger charge is -2.30. The van der Waals surface area contributed by atoms with Crippen molar-refractivity contribution in [2.75, 3.05) is 19.6 Å². The molecule has 92 valence electrons. The summed E-state index contributed by atoms with van der Waals surface area (Å²) in [5, 5.41) is 6.13. The second-order valence-electron chi connectivity index (χ2n) is 5.19. The Morgan fingerprint density at radius 3 is 2.65 bits per heavy atom. The predicted octanol–water partition coefficient (Wildman–Crippen LogP) is 0.695. The number of hydrogen-bond acceptors (Lipinski definition) is 3. The van der Waals surface area contributed by atoms with Gasteiger partial charge in [0.25, 0.3) is 0 Å². The van der Waals surface area contributed by atoms with Crippen molar-refractivity contribution in [1.29, 1.82) is 0 Å². The van der Waals surface area contributed by atoms with Crippen LogP contribution in [0.3, 0.4) is 0 Å². The summed E-state index contributed by atoms with van der Waals surface area (Å²) in [5.74, 6) is 0.314. The van der Waals surface area contributed by atoms with Gasteiger partial charge in [0, 0.05) is 37.4 Å². The molecule has 17 heavy (non-hydrogen) atoms. The quantitative estimate of drug-likeness (QED) is 0.804. The first-order valence-corrected chi connectivity index (χ1v) is 5.98. The SMILES string of the molecule is CC(C)(CNC(=O)C1CNC1)c1ccncc1. The van der Waals surface area contributed by atoms with Gasteiger partial charge in [0.05, 0.1) is 5.92 Å². The maximum Gasteiger partial charge on any atom is 0.225 e. The second-order valence-corrected chi connectivity index (χ2v) is 5.19. The van der Waals surface area contributed by atoms with Crippen LogP contribution < -0.4 is 10.6 Å². The summed E-state index contributed by atoms with van der Waals surface area (Å²) in [6, 6.07) is 3.99. The Kier molecular flexibility index (Phi) is 3.43. The molecular formula is C13H19N3O. The number of carbonyl (C=O) groups is 1. The average Bonchev–Trinajstić information content (AvgIpc) is 2.25. The first-order valence-electron chi connectivity index (χ1n) is 5.98. The van der Waals surface area contributed by atoms with Crippen molar-refractivity contribution in [3.05, 3.63) is 30.1 Å². The Morgan fingerprint density at radius 2 is 2.12 bits per heavy atom. The Labute approximate surface area is 102 Å². The van der Waals surface area contributed by atoms with Crippen LogP contribution >= 0.6 is 0 Å². The minimum absolute atomic E-state index is 0.0597. The van der Waals surface area contributed by atoms with E-state index in [1.54, 1.807) is 12.4 Å². The van der Waals surface area contributed by atoms with Crippen LogP contribution in [0, 0.1) is 5.92 Å². The van der Waals surface area contributed by atoms with Crippen molar-refractivity contribution in [2.45, 2.75) is 19.3 Å². The number of pyridine rings is 1. The van der Waals surface area contributed by atoms with Gasteiger partial charge in [-0.3, -0.25) is 9.78 Å². The smallest absolute Gasteiger partial charge is 0.225 e. The topological polar surface area (TPSA) is 54.0 Å². The van der Waals surface area contributed by atoms with Crippen molar-refractivity contribution >= 4 is 5.91 Å². The molecule has 0 atom stereocenters. The number of hydrogen-bond donors (Lipinski definition) is 2. The molecule has 2 heterocycles. The van der Waals surface area contributed by atoms with Gasteiger partial charge in [0.1, 0.15) is 0 Å². The summed E-state index contributed by atoms with van der Waals surface area (Å²) in [6.45, 7) is 6.53. The van der Waals surface area contributed by atoms with Gasteiger partial charge in [-0.2, -0.15) is 0 Å². The van der Waals surface area contributed by atoms with E-state index in [1.807, 2.05) is 12.1 Å².